The monoisotopic (exact) mass is 232 g/mol. The highest BCUT2D eigenvalue weighted by Gasteiger charge is 2.33. The molecule has 0 unspecified atom stereocenters. The van der Waals surface area contributed by atoms with Crippen LogP contribution in [0.2, 0.25) is 0 Å². The summed E-state index contributed by atoms with van der Waals surface area (Å²) in [4.78, 5) is 22.8. The molecular formula is C13H16N2O2. The summed E-state index contributed by atoms with van der Waals surface area (Å²) < 4.78 is 0. The van der Waals surface area contributed by atoms with Gasteiger partial charge in [-0.05, 0) is 11.6 Å². The lowest BCUT2D eigenvalue weighted by Crippen LogP contribution is -2.33. The standard InChI is InChI=1S/C13H16N2O2/c1-8(16)14-10-6-4-5-9-12(10)15-11(17)7-13(9,2)3/h4-6H,7H2,1-3H3,(H,14,16)(H,15,17). The van der Waals surface area contributed by atoms with Gasteiger partial charge in [0.2, 0.25) is 11.8 Å². The van der Waals surface area contributed by atoms with E-state index in [-0.39, 0.29) is 17.2 Å². The molecule has 4 heteroatoms. The minimum Gasteiger partial charge on any atom is -0.325 e. The number of carbonyl (C=O) groups is 2. The molecule has 17 heavy (non-hydrogen) atoms. The Bertz CT molecular complexity index is 492. The van der Waals surface area contributed by atoms with Crippen LogP contribution in [-0.2, 0) is 15.0 Å². The third-order valence-corrected chi connectivity index (χ3v) is 2.97. The maximum Gasteiger partial charge on any atom is 0.225 e. The van der Waals surface area contributed by atoms with Gasteiger partial charge in [-0.2, -0.15) is 0 Å². The summed E-state index contributed by atoms with van der Waals surface area (Å²) in [6, 6.07) is 5.67. The van der Waals surface area contributed by atoms with Gasteiger partial charge in [-0.15, -0.1) is 0 Å². The van der Waals surface area contributed by atoms with Crippen LogP contribution in [0.15, 0.2) is 18.2 Å². The summed E-state index contributed by atoms with van der Waals surface area (Å²) in [5.41, 5.74) is 2.25. The Hall–Kier alpha value is -1.84. The molecule has 1 aromatic carbocycles. The highest BCUT2D eigenvalue weighted by Crippen LogP contribution is 2.40. The van der Waals surface area contributed by atoms with E-state index in [0.29, 0.717) is 12.1 Å². The number of nitrogens with one attached hydrogen (secondary N) is 2. The molecule has 1 heterocycles. The van der Waals surface area contributed by atoms with E-state index in [4.69, 9.17) is 0 Å². The Morgan fingerprint density at radius 2 is 2.12 bits per heavy atom. The van der Waals surface area contributed by atoms with Gasteiger partial charge in [-0.3, -0.25) is 9.59 Å². The third kappa shape index (κ3) is 2.16. The molecule has 1 aliphatic heterocycles. The number of hydrogen-bond donors (Lipinski definition) is 2. The fraction of sp³-hybridized carbons (Fsp3) is 0.385. The Morgan fingerprint density at radius 3 is 2.76 bits per heavy atom. The topological polar surface area (TPSA) is 58.2 Å². The van der Waals surface area contributed by atoms with Crippen LogP contribution < -0.4 is 10.6 Å². The van der Waals surface area contributed by atoms with Gasteiger partial charge in [0.1, 0.15) is 0 Å². The molecule has 2 rings (SSSR count). The van der Waals surface area contributed by atoms with Crippen molar-refractivity contribution in [2.24, 2.45) is 0 Å². The van der Waals surface area contributed by atoms with Crippen LogP contribution in [0.4, 0.5) is 11.4 Å². The first-order chi connectivity index (χ1) is 7.90. The summed E-state index contributed by atoms with van der Waals surface area (Å²) in [6.07, 6.45) is 0.462. The Labute approximate surface area is 100 Å². The molecule has 0 bridgehead atoms. The number of para-hydroxylation sites is 1. The van der Waals surface area contributed by atoms with Crippen LogP contribution in [0, 0.1) is 0 Å². The first kappa shape index (κ1) is 11.6. The van der Waals surface area contributed by atoms with Gasteiger partial charge in [0.05, 0.1) is 11.4 Å². The lowest BCUT2D eigenvalue weighted by molar-refractivity contribution is -0.117. The van der Waals surface area contributed by atoms with Gasteiger partial charge in [-0.1, -0.05) is 26.0 Å². The van der Waals surface area contributed by atoms with Crippen molar-refractivity contribution in [2.45, 2.75) is 32.6 Å². The van der Waals surface area contributed by atoms with Crippen LogP contribution in [0.5, 0.6) is 0 Å². The second kappa shape index (κ2) is 3.87. The van der Waals surface area contributed by atoms with Gasteiger partial charge in [0, 0.05) is 18.8 Å². The number of anilines is 2. The molecule has 2 N–H and O–H groups in total. The van der Waals surface area contributed by atoms with Crippen LogP contribution in [0.3, 0.4) is 0 Å². The highest BCUT2D eigenvalue weighted by molar-refractivity contribution is 6.02. The molecule has 90 valence electrons. The predicted molar refractivity (Wildman–Crippen MR) is 67.0 cm³/mol. The molecule has 1 aromatic rings. The van der Waals surface area contributed by atoms with Gasteiger partial charge in [0.15, 0.2) is 0 Å². The van der Waals surface area contributed by atoms with E-state index in [1.165, 1.54) is 6.92 Å². The van der Waals surface area contributed by atoms with E-state index in [1.54, 1.807) is 6.07 Å². The smallest absolute Gasteiger partial charge is 0.225 e. The minimum atomic E-state index is -0.202. The molecule has 0 radical (unpaired) electrons. The number of benzene rings is 1. The zero-order valence-corrected chi connectivity index (χ0v) is 10.3. The van der Waals surface area contributed by atoms with E-state index in [0.717, 1.165) is 11.3 Å². The summed E-state index contributed by atoms with van der Waals surface area (Å²) in [7, 11) is 0. The van der Waals surface area contributed by atoms with E-state index in [9.17, 15) is 9.59 Å². The number of amides is 2. The van der Waals surface area contributed by atoms with Crippen molar-refractivity contribution < 1.29 is 9.59 Å². The van der Waals surface area contributed by atoms with Gasteiger partial charge >= 0.3 is 0 Å². The average molecular weight is 232 g/mol. The number of fused-ring (bicyclic) bond motifs is 1. The van der Waals surface area contributed by atoms with Crippen LogP contribution in [0.25, 0.3) is 0 Å². The van der Waals surface area contributed by atoms with Crippen molar-refractivity contribution in [1.82, 2.24) is 0 Å². The van der Waals surface area contributed by atoms with Crippen molar-refractivity contribution in [1.29, 1.82) is 0 Å². The quantitative estimate of drug-likeness (QED) is 0.780. The second-order valence-corrected chi connectivity index (χ2v) is 5.02. The molecule has 0 atom stereocenters. The second-order valence-electron chi connectivity index (χ2n) is 5.02. The van der Waals surface area contributed by atoms with E-state index >= 15 is 0 Å². The molecular weight excluding hydrogens is 216 g/mol. The minimum absolute atomic E-state index is 0.0136. The van der Waals surface area contributed by atoms with Crippen LogP contribution in [-0.4, -0.2) is 11.8 Å². The number of carbonyl (C=O) groups excluding carboxylic acids is 2. The Kier molecular flexibility index (Phi) is 2.65. The molecule has 0 spiro atoms. The largest absolute Gasteiger partial charge is 0.325 e. The SMILES string of the molecule is CC(=O)Nc1cccc2c1NC(=O)CC2(C)C. The molecule has 4 nitrogen and oxygen atoms in total. The number of rotatable bonds is 1. The van der Waals surface area contributed by atoms with Crippen molar-refractivity contribution in [3.63, 3.8) is 0 Å². The van der Waals surface area contributed by atoms with E-state index in [1.807, 2.05) is 26.0 Å². The Morgan fingerprint density at radius 1 is 1.41 bits per heavy atom. The average Bonchev–Trinajstić information content (AvgIpc) is 2.17. The molecule has 0 saturated carbocycles. The maximum absolute atomic E-state index is 11.7. The molecule has 1 aliphatic rings. The molecule has 0 saturated heterocycles. The highest BCUT2D eigenvalue weighted by atomic mass is 16.2. The molecule has 0 aliphatic carbocycles. The lowest BCUT2D eigenvalue weighted by atomic mass is 9.77. The Balaban J connectivity index is 2.53. The zero-order chi connectivity index (χ0) is 12.6. The molecule has 0 fully saturated rings. The van der Waals surface area contributed by atoms with Crippen molar-refractivity contribution >= 4 is 23.2 Å². The van der Waals surface area contributed by atoms with Crippen molar-refractivity contribution in [2.75, 3.05) is 10.6 Å². The van der Waals surface area contributed by atoms with E-state index in [2.05, 4.69) is 10.6 Å². The normalized spacial score (nSPS) is 17.0. The molecule has 0 aromatic heterocycles. The van der Waals surface area contributed by atoms with Gasteiger partial charge in [0.25, 0.3) is 0 Å². The first-order valence-electron chi connectivity index (χ1n) is 5.61. The predicted octanol–water partition coefficient (Wildman–Crippen LogP) is 2.26. The van der Waals surface area contributed by atoms with Gasteiger partial charge < -0.3 is 10.6 Å². The maximum atomic E-state index is 11.7. The van der Waals surface area contributed by atoms with Crippen molar-refractivity contribution in [3.05, 3.63) is 23.8 Å². The summed E-state index contributed by atoms with van der Waals surface area (Å²) >= 11 is 0. The summed E-state index contributed by atoms with van der Waals surface area (Å²) in [6.45, 7) is 5.51. The summed E-state index contributed by atoms with van der Waals surface area (Å²) in [5, 5.41) is 5.57. The van der Waals surface area contributed by atoms with Crippen molar-refractivity contribution in [3.8, 4) is 0 Å². The van der Waals surface area contributed by atoms with E-state index < -0.39 is 0 Å². The van der Waals surface area contributed by atoms with Crippen LogP contribution in [0.1, 0.15) is 32.8 Å². The fourth-order valence-corrected chi connectivity index (χ4v) is 2.23. The fourth-order valence-electron chi connectivity index (χ4n) is 2.23. The zero-order valence-electron chi connectivity index (χ0n) is 10.3. The molecule has 2 amide bonds. The van der Waals surface area contributed by atoms with Crippen LogP contribution >= 0.6 is 0 Å². The summed E-state index contributed by atoms with van der Waals surface area (Å²) in [5.74, 6) is -0.156. The lowest BCUT2D eigenvalue weighted by Gasteiger charge is -2.33. The first-order valence-corrected chi connectivity index (χ1v) is 5.61. The number of hydrogen-bond acceptors (Lipinski definition) is 2. The van der Waals surface area contributed by atoms with Gasteiger partial charge in [-0.25, -0.2) is 0 Å². The third-order valence-electron chi connectivity index (χ3n) is 2.97.